The third-order valence-corrected chi connectivity index (χ3v) is 4.32. The van der Waals surface area contributed by atoms with Crippen molar-refractivity contribution in [2.24, 2.45) is 0 Å². The normalized spacial score (nSPS) is 18.2. The second-order valence-electron chi connectivity index (χ2n) is 4.86. The third-order valence-electron chi connectivity index (χ3n) is 3.31. The summed E-state index contributed by atoms with van der Waals surface area (Å²) in [6, 6.07) is 2.80. The summed E-state index contributed by atoms with van der Waals surface area (Å²) in [6.07, 6.45) is 4.12. The number of halogens is 1. The zero-order valence-electron chi connectivity index (χ0n) is 11.5. The van der Waals surface area contributed by atoms with Crippen molar-refractivity contribution < 1.29 is 14.1 Å². The standard InChI is InChI=1S/C13H13FN4O3S/c14-10-4-1-5-15-12(10)21-9-3-2-6-17(8-9)13-16-7-11(22-13)18(19)20/h1,4-5,7,9H,2-3,6,8H2/t9-/m0/s1. The number of piperidine rings is 1. The number of thiazole rings is 1. The highest BCUT2D eigenvalue weighted by molar-refractivity contribution is 7.18. The largest absolute Gasteiger partial charge is 0.470 e. The number of aromatic nitrogens is 2. The van der Waals surface area contributed by atoms with E-state index in [1.54, 1.807) is 0 Å². The van der Waals surface area contributed by atoms with Crippen LogP contribution in [0.1, 0.15) is 12.8 Å². The smallest absolute Gasteiger partial charge is 0.345 e. The van der Waals surface area contributed by atoms with Gasteiger partial charge in [0.05, 0.1) is 11.5 Å². The molecule has 2 aromatic rings. The van der Waals surface area contributed by atoms with Crippen molar-refractivity contribution in [1.29, 1.82) is 0 Å². The molecule has 0 aromatic carbocycles. The van der Waals surface area contributed by atoms with Gasteiger partial charge < -0.3 is 9.64 Å². The summed E-state index contributed by atoms with van der Waals surface area (Å²) in [5.74, 6) is -0.510. The van der Waals surface area contributed by atoms with E-state index in [2.05, 4.69) is 9.97 Å². The Bertz CT molecular complexity index is 681. The molecule has 7 nitrogen and oxygen atoms in total. The summed E-state index contributed by atoms with van der Waals surface area (Å²) in [7, 11) is 0. The molecule has 3 rings (SSSR count). The topological polar surface area (TPSA) is 81.4 Å². The molecule has 116 valence electrons. The summed E-state index contributed by atoms with van der Waals surface area (Å²) < 4.78 is 19.2. The lowest BCUT2D eigenvalue weighted by molar-refractivity contribution is -0.380. The Labute approximate surface area is 129 Å². The molecule has 0 saturated carbocycles. The average Bonchev–Trinajstić information content (AvgIpc) is 3.00. The fraction of sp³-hybridized carbons (Fsp3) is 0.385. The molecule has 1 fully saturated rings. The molecule has 22 heavy (non-hydrogen) atoms. The molecule has 1 aliphatic heterocycles. The van der Waals surface area contributed by atoms with Crippen LogP contribution in [0.4, 0.5) is 14.5 Å². The van der Waals surface area contributed by atoms with E-state index in [4.69, 9.17) is 4.74 Å². The summed E-state index contributed by atoms with van der Waals surface area (Å²) in [5.41, 5.74) is 0. The van der Waals surface area contributed by atoms with Crippen molar-refractivity contribution >= 4 is 21.5 Å². The first kappa shape index (κ1) is 14.6. The molecule has 1 saturated heterocycles. The molecule has 9 heteroatoms. The molecule has 2 aromatic heterocycles. The fourth-order valence-corrected chi connectivity index (χ4v) is 3.08. The maximum atomic E-state index is 13.6. The number of rotatable bonds is 4. The molecule has 3 heterocycles. The second-order valence-corrected chi connectivity index (χ2v) is 5.84. The number of ether oxygens (including phenoxy) is 1. The number of nitro groups is 1. The molecular weight excluding hydrogens is 311 g/mol. The monoisotopic (exact) mass is 324 g/mol. The van der Waals surface area contributed by atoms with Crippen LogP contribution in [0.15, 0.2) is 24.5 Å². The van der Waals surface area contributed by atoms with Gasteiger partial charge in [0, 0.05) is 12.7 Å². The minimum absolute atomic E-state index is 0.00816. The lowest BCUT2D eigenvalue weighted by Crippen LogP contribution is -2.41. The van der Waals surface area contributed by atoms with E-state index in [0.717, 1.165) is 30.7 Å². The van der Waals surface area contributed by atoms with Gasteiger partial charge in [-0.1, -0.05) is 0 Å². The van der Waals surface area contributed by atoms with Gasteiger partial charge in [0.25, 0.3) is 5.88 Å². The second kappa shape index (κ2) is 6.22. The minimum Gasteiger partial charge on any atom is -0.470 e. The lowest BCUT2D eigenvalue weighted by Gasteiger charge is -2.32. The van der Waals surface area contributed by atoms with Crippen LogP contribution in [0, 0.1) is 15.9 Å². The summed E-state index contributed by atoms with van der Waals surface area (Å²) in [5, 5.41) is 11.3. The SMILES string of the molecule is O=[N+]([O-])c1cnc(N2CCC[C@H](Oc3ncccc3F)C2)s1. The van der Waals surface area contributed by atoms with Crippen molar-refractivity contribution in [3.8, 4) is 5.88 Å². The number of pyridine rings is 1. The summed E-state index contributed by atoms with van der Waals surface area (Å²) in [4.78, 5) is 20.1. The van der Waals surface area contributed by atoms with Gasteiger partial charge in [-0.2, -0.15) is 0 Å². The fourth-order valence-electron chi connectivity index (χ4n) is 2.31. The molecule has 0 radical (unpaired) electrons. The Morgan fingerprint density at radius 3 is 3.09 bits per heavy atom. The Hall–Kier alpha value is -2.29. The zero-order chi connectivity index (χ0) is 15.5. The first-order chi connectivity index (χ1) is 10.6. The summed E-state index contributed by atoms with van der Waals surface area (Å²) in [6.45, 7) is 1.25. The Balaban J connectivity index is 1.68. The van der Waals surface area contributed by atoms with Gasteiger partial charge in [-0.15, -0.1) is 0 Å². The molecule has 0 bridgehead atoms. The first-order valence-corrected chi connectivity index (χ1v) is 7.57. The van der Waals surface area contributed by atoms with Crippen LogP contribution in [0.2, 0.25) is 0 Å². The third kappa shape index (κ3) is 3.14. The molecule has 1 aliphatic rings. The molecular formula is C13H13FN4O3S. The number of hydrogen-bond acceptors (Lipinski definition) is 7. The van der Waals surface area contributed by atoms with Crippen LogP contribution in [0.5, 0.6) is 5.88 Å². The predicted molar refractivity (Wildman–Crippen MR) is 78.8 cm³/mol. The van der Waals surface area contributed by atoms with Gasteiger partial charge >= 0.3 is 5.00 Å². The van der Waals surface area contributed by atoms with E-state index >= 15 is 0 Å². The van der Waals surface area contributed by atoms with Crippen molar-refractivity contribution in [1.82, 2.24) is 9.97 Å². The molecule has 0 amide bonds. The van der Waals surface area contributed by atoms with Crippen molar-refractivity contribution in [2.45, 2.75) is 18.9 Å². The number of hydrogen-bond donors (Lipinski definition) is 0. The van der Waals surface area contributed by atoms with E-state index in [0.29, 0.717) is 11.7 Å². The quantitative estimate of drug-likeness (QED) is 0.635. The Morgan fingerprint density at radius 1 is 1.50 bits per heavy atom. The summed E-state index contributed by atoms with van der Waals surface area (Å²) >= 11 is 1.03. The highest BCUT2D eigenvalue weighted by Crippen LogP contribution is 2.30. The van der Waals surface area contributed by atoms with E-state index < -0.39 is 10.7 Å². The molecule has 0 unspecified atom stereocenters. The van der Waals surface area contributed by atoms with Gasteiger partial charge in [0.2, 0.25) is 0 Å². The zero-order valence-corrected chi connectivity index (χ0v) is 12.3. The van der Waals surface area contributed by atoms with E-state index in [1.165, 1.54) is 24.5 Å². The van der Waals surface area contributed by atoms with Crippen molar-refractivity contribution in [3.05, 3.63) is 40.5 Å². The van der Waals surface area contributed by atoms with Gasteiger partial charge in [0.1, 0.15) is 12.3 Å². The highest BCUT2D eigenvalue weighted by Gasteiger charge is 2.26. The van der Waals surface area contributed by atoms with Crippen LogP contribution < -0.4 is 9.64 Å². The van der Waals surface area contributed by atoms with Gasteiger partial charge in [-0.25, -0.2) is 14.4 Å². The predicted octanol–water partition coefficient (Wildman–Crippen LogP) is 2.63. The van der Waals surface area contributed by atoms with E-state index in [-0.39, 0.29) is 17.0 Å². The number of anilines is 1. The Kier molecular flexibility index (Phi) is 4.14. The average molecular weight is 324 g/mol. The first-order valence-electron chi connectivity index (χ1n) is 6.76. The van der Waals surface area contributed by atoms with Crippen LogP contribution in [0.25, 0.3) is 0 Å². The number of nitrogens with zero attached hydrogens (tertiary/aromatic N) is 4. The van der Waals surface area contributed by atoms with Crippen molar-refractivity contribution in [2.75, 3.05) is 18.0 Å². The van der Waals surface area contributed by atoms with E-state index in [1.807, 2.05) is 4.90 Å². The molecule has 0 spiro atoms. The van der Waals surface area contributed by atoms with Crippen LogP contribution in [-0.2, 0) is 0 Å². The van der Waals surface area contributed by atoms with Crippen LogP contribution in [0.3, 0.4) is 0 Å². The molecule has 0 N–H and O–H groups in total. The van der Waals surface area contributed by atoms with Crippen molar-refractivity contribution in [3.63, 3.8) is 0 Å². The highest BCUT2D eigenvalue weighted by atomic mass is 32.1. The van der Waals surface area contributed by atoms with Gasteiger partial charge in [-0.3, -0.25) is 10.1 Å². The van der Waals surface area contributed by atoms with E-state index in [9.17, 15) is 14.5 Å². The van der Waals surface area contributed by atoms with Crippen LogP contribution in [-0.4, -0.2) is 34.1 Å². The van der Waals surface area contributed by atoms with Gasteiger partial charge in [-0.05, 0) is 36.3 Å². The molecule has 1 atom stereocenters. The van der Waals surface area contributed by atoms with Gasteiger partial charge in [0.15, 0.2) is 10.9 Å². The molecule has 0 aliphatic carbocycles. The maximum Gasteiger partial charge on any atom is 0.345 e. The minimum atomic E-state index is -0.496. The maximum absolute atomic E-state index is 13.6. The lowest BCUT2D eigenvalue weighted by atomic mass is 10.1. The van der Waals surface area contributed by atoms with Crippen LogP contribution >= 0.6 is 11.3 Å². The Morgan fingerprint density at radius 2 is 2.36 bits per heavy atom.